The Morgan fingerprint density at radius 2 is 2.04 bits per heavy atom. The van der Waals surface area contributed by atoms with Gasteiger partial charge in [0, 0.05) is 35.5 Å². The van der Waals surface area contributed by atoms with Gasteiger partial charge in [-0.25, -0.2) is 0 Å². The Morgan fingerprint density at radius 1 is 1.21 bits per heavy atom. The molecule has 4 nitrogen and oxygen atoms in total. The van der Waals surface area contributed by atoms with Crippen LogP contribution in [0, 0.1) is 0 Å². The second kappa shape index (κ2) is 6.40. The van der Waals surface area contributed by atoms with Crippen LogP contribution in [0.15, 0.2) is 53.3 Å². The van der Waals surface area contributed by atoms with Crippen LogP contribution in [0.25, 0.3) is 11.0 Å². The monoisotopic (exact) mass is 383 g/mol. The van der Waals surface area contributed by atoms with Gasteiger partial charge in [0.25, 0.3) is 5.91 Å². The molecule has 1 fully saturated rings. The SMILES string of the molecule is O=C(c1cccc(Br)c1)N1CCC(c2c[nH]c3cccnc23)CC1. The number of nitrogens with zero attached hydrogens (tertiary/aromatic N) is 2. The molecule has 1 aromatic carbocycles. The van der Waals surface area contributed by atoms with Crippen molar-refractivity contribution in [3.63, 3.8) is 0 Å². The summed E-state index contributed by atoms with van der Waals surface area (Å²) >= 11 is 3.43. The van der Waals surface area contributed by atoms with Crippen LogP contribution in [-0.4, -0.2) is 33.9 Å². The first kappa shape index (κ1) is 15.4. The highest BCUT2D eigenvalue weighted by atomic mass is 79.9. The molecule has 122 valence electrons. The number of rotatable bonds is 2. The van der Waals surface area contributed by atoms with Crippen LogP contribution in [-0.2, 0) is 0 Å². The summed E-state index contributed by atoms with van der Waals surface area (Å²) in [5.41, 5.74) is 4.17. The molecule has 0 radical (unpaired) electrons. The van der Waals surface area contributed by atoms with E-state index in [4.69, 9.17) is 0 Å². The first-order valence-electron chi connectivity index (χ1n) is 8.19. The van der Waals surface area contributed by atoms with Crippen LogP contribution in [0.1, 0.15) is 34.7 Å². The first-order chi connectivity index (χ1) is 11.7. The molecule has 0 atom stereocenters. The lowest BCUT2D eigenvalue weighted by molar-refractivity contribution is 0.0713. The largest absolute Gasteiger partial charge is 0.360 e. The van der Waals surface area contributed by atoms with Crippen molar-refractivity contribution in [3.8, 4) is 0 Å². The van der Waals surface area contributed by atoms with E-state index >= 15 is 0 Å². The molecule has 1 N–H and O–H groups in total. The van der Waals surface area contributed by atoms with E-state index in [1.165, 1.54) is 5.56 Å². The Hall–Kier alpha value is -2.14. The van der Waals surface area contributed by atoms with E-state index in [1.807, 2.05) is 41.4 Å². The van der Waals surface area contributed by atoms with Gasteiger partial charge in [0.2, 0.25) is 0 Å². The van der Waals surface area contributed by atoms with Gasteiger partial charge in [0.05, 0.1) is 11.0 Å². The topological polar surface area (TPSA) is 49.0 Å². The second-order valence-corrected chi connectivity index (χ2v) is 7.14. The van der Waals surface area contributed by atoms with Crippen LogP contribution in [0.4, 0.5) is 0 Å². The smallest absolute Gasteiger partial charge is 0.253 e. The van der Waals surface area contributed by atoms with E-state index in [9.17, 15) is 4.79 Å². The number of likely N-dealkylation sites (tertiary alicyclic amines) is 1. The number of carbonyl (C=O) groups excluding carboxylic acids is 1. The lowest BCUT2D eigenvalue weighted by Crippen LogP contribution is -2.37. The molecule has 2 aromatic heterocycles. The van der Waals surface area contributed by atoms with E-state index in [0.717, 1.165) is 47.0 Å². The molecule has 1 amide bonds. The Morgan fingerprint density at radius 3 is 2.83 bits per heavy atom. The van der Waals surface area contributed by atoms with Gasteiger partial charge in [0.15, 0.2) is 0 Å². The summed E-state index contributed by atoms with van der Waals surface area (Å²) in [4.78, 5) is 22.4. The van der Waals surface area contributed by atoms with Gasteiger partial charge in [-0.2, -0.15) is 0 Å². The number of aromatic nitrogens is 2. The molecule has 0 unspecified atom stereocenters. The van der Waals surface area contributed by atoms with Crippen molar-refractivity contribution in [2.24, 2.45) is 0 Å². The first-order valence-corrected chi connectivity index (χ1v) is 8.98. The van der Waals surface area contributed by atoms with Crippen molar-refractivity contribution in [2.75, 3.05) is 13.1 Å². The highest BCUT2D eigenvalue weighted by Crippen LogP contribution is 2.32. The van der Waals surface area contributed by atoms with Gasteiger partial charge in [-0.05, 0) is 54.7 Å². The zero-order chi connectivity index (χ0) is 16.5. The zero-order valence-corrected chi connectivity index (χ0v) is 14.8. The van der Waals surface area contributed by atoms with Crippen molar-refractivity contribution in [2.45, 2.75) is 18.8 Å². The van der Waals surface area contributed by atoms with Gasteiger partial charge in [-0.1, -0.05) is 22.0 Å². The van der Waals surface area contributed by atoms with Gasteiger partial charge in [-0.15, -0.1) is 0 Å². The molecule has 0 spiro atoms. The third-order valence-corrected chi connectivity index (χ3v) is 5.25. The number of halogens is 1. The Labute approximate surface area is 149 Å². The second-order valence-electron chi connectivity index (χ2n) is 6.22. The molecular weight excluding hydrogens is 366 g/mol. The summed E-state index contributed by atoms with van der Waals surface area (Å²) in [6.07, 6.45) is 5.87. The third-order valence-electron chi connectivity index (χ3n) is 4.76. The van der Waals surface area contributed by atoms with Gasteiger partial charge in [0.1, 0.15) is 0 Å². The Balaban J connectivity index is 1.48. The number of H-pyrrole nitrogens is 1. The zero-order valence-electron chi connectivity index (χ0n) is 13.2. The highest BCUT2D eigenvalue weighted by molar-refractivity contribution is 9.10. The molecule has 0 saturated carbocycles. The maximum Gasteiger partial charge on any atom is 0.253 e. The van der Waals surface area contributed by atoms with Crippen molar-refractivity contribution in [3.05, 3.63) is 64.4 Å². The minimum Gasteiger partial charge on any atom is -0.360 e. The van der Waals surface area contributed by atoms with E-state index in [0.29, 0.717) is 5.92 Å². The average Bonchev–Trinajstić information content (AvgIpc) is 3.05. The van der Waals surface area contributed by atoms with Crippen molar-refractivity contribution in [1.82, 2.24) is 14.9 Å². The third kappa shape index (κ3) is 2.84. The number of hydrogen-bond donors (Lipinski definition) is 1. The molecule has 0 aliphatic carbocycles. The molecule has 24 heavy (non-hydrogen) atoms. The van der Waals surface area contributed by atoms with Crippen molar-refractivity contribution >= 4 is 32.9 Å². The lowest BCUT2D eigenvalue weighted by atomic mass is 9.90. The fourth-order valence-corrected chi connectivity index (χ4v) is 3.88. The maximum atomic E-state index is 12.6. The fraction of sp³-hybridized carbons (Fsp3) is 0.263. The minimum absolute atomic E-state index is 0.117. The number of aromatic amines is 1. The maximum absolute atomic E-state index is 12.6. The van der Waals surface area contributed by atoms with Gasteiger partial charge >= 0.3 is 0 Å². The molecule has 3 heterocycles. The van der Waals surface area contributed by atoms with Crippen LogP contribution in [0.3, 0.4) is 0 Å². The van der Waals surface area contributed by atoms with Crippen LogP contribution >= 0.6 is 15.9 Å². The van der Waals surface area contributed by atoms with Gasteiger partial charge < -0.3 is 9.88 Å². The molecule has 1 aliphatic heterocycles. The summed E-state index contributed by atoms with van der Waals surface area (Å²) in [7, 11) is 0. The van der Waals surface area contributed by atoms with Crippen LogP contribution in [0.5, 0.6) is 0 Å². The Kier molecular flexibility index (Phi) is 4.10. The van der Waals surface area contributed by atoms with Crippen molar-refractivity contribution in [1.29, 1.82) is 0 Å². The minimum atomic E-state index is 0.117. The number of hydrogen-bond acceptors (Lipinski definition) is 2. The summed E-state index contributed by atoms with van der Waals surface area (Å²) in [5, 5.41) is 0. The van der Waals surface area contributed by atoms with Crippen LogP contribution < -0.4 is 0 Å². The Bertz CT molecular complexity index is 881. The van der Waals surface area contributed by atoms with E-state index in [1.54, 1.807) is 0 Å². The molecule has 1 aliphatic rings. The molecule has 3 aromatic rings. The number of amides is 1. The summed E-state index contributed by atoms with van der Waals surface area (Å²) < 4.78 is 0.938. The summed E-state index contributed by atoms with van der Waals surface area (Å²) in [6, 6.07) is 11.6. The van der Waals surface area contributed by atoms with Crippen molar-refractivity contribution < 1.29 is 4.79 Å². The number of piperidine rings is 1. The number of pyridine rings is 1. The number of carbonyl (C=O) groups is 1. The molecule has 0 bridgehead atoms. The molecule has 4 rings (SSSR count). The quantitative estimate of drug-likeness (QED) is 0.715. The van der Waals surface area contributed by atoms with E-state index in [-0.39, 0.29) is 5.91 Å². The standard InChI is InChI=1S/C19H18BrN3O/c20-15-4-1-3-14(11-15)19(24)23-9-6-13(7-10-23)16-12-22-17-5-2-8-21-18(16)17/h1-5,8,11-13,22H,6-7,9-10H2. The average molecular weight is 384 g/mol. The normalized spacial score (nSPS) is 15.8. The molecule has 5 heteroatoms. The summed E-state index contributed by atoms with van der Waals surface area (Å²) in [5.74, 6) is 0.576. The predicted molar refractivity (Wildman–Crippen MR) is 98.1 cm³/mol. The summed E-state index contributed by atoms with van der Waals surface area (Å²) in [6.45, 7) is 1.57. The highest BCUT2D eigenvalue weighted by Gasteiger charge is 2.26. The predicted octanol–water partition coefficient (Wildman–Crippen LogP) is 4.35. The van der Waals surface area contributed by atoms with E-state index < -0.39 is 0 Å². The molecule has 1 saturated heterocycles. The van der Waals surface area contributed by atoms with E-state index in [2.05, 4.69) is 38.2 Å². The lowest BCUT2D eigenvalue weighted by Gasteiger charge is -2.32. The van der Waals surface area contributed by atoms with Crippen LogP contribution in [0.2, 0.25) is 0 Å². The number of fused-ring (bicyclic) bond motifs is 1. The molecular formula is C19H18BrN3O. The fourth-order valence-electron chi connectivity index (χ4n) is 3.48. The van der Waals surface area contributed by atoms with Gasteiger partial charge in [-0.3, -0.25) is 9.78 Å². The number of benzene rings is 1. The number of nitrogens with one attached hydrogen (secondary N) is 1.